The van der Waals surface area contributed by atoms with Gasteiger partial charge in [-0.2, -0.15) is 5.10 Å². The summed E-state index contributed by atoms with van der Waals surface area (Å²) in [7, 11) is 0. The van der Waals surface area contributed by atoms with Crippen molar-refractivity contribution in [2.24, 2.45) is 0 Å². The third-order valence-corrected chi connectivity index (χ3v) is 2.81. The number of rotatable bonds is 3. The number of aromatic nitrogens is 2. The van der Waals surface area contributed by atoms with E-state index in [1.165, 1.54) is 6.07 Å². The van der Waals surface area contributed by atoms with Gasteiger partial charge in [0, 0.05) is 17.3 Å². The van der Waals surface area contributed by atoms with Gasteiger partial charge in [0.15, 0.2) is 0 Å². The second-order valence-electron chi connectivity index (χ2n) is 3.39. The molecule has 0 radical (unpaired) electrons. The number of halogens is 3. The van der Waals surface area contributed by atoms with E-state index in [-0.39, 0.29) is 5.02 Å². The van der Waals surface area contributed by atoms with Crippen LogP contribution in [0.4, 0.5) is 4.39 Å². The molecule has 0 N–H and O–H groups in total. The van der Waals surface area contributed by atoms with Crippen LogP contribution in [0, 0.1) is 5.82 Å². The predicted molar refractivity (Wildman–Crippen MR) is 62.3 cm³/mol. The molecule has 0 atom stereocenters. The topological polar surface area (TPSA) is 17.8 Å². The fourth-order valence-corrected chi connectivity index (χ4v) is 1.74. The first-order valence-electron chi connectivity index (χ1n) is 4.71. The Bertz CT molecular complexity index is 496. The molecule has 0 unspecified atom stereocenters. The number of benzene rings is 1. The van der Waals surface area contributed by atoms with Crippen molar-refractivity contribution in [1.82, 2.24) is 9.78 Å². The molecule has 0 saturated heterocycles. The average Bonchev–Trinajstić information content (AvgIpc) is 2.73. The van der Waals surface area contributed by atoms with Crippen molar-refractivity contribution in [3.63, 3.8) is 0 Å². The maximum Gasteiger partial charge on any atom is 0.146 e. The van der Waals surface area contributed by atoms with Gasteiger partial charge in [-0.1, -0.05) is 23.7 Å². The zero-order valence-corrected chi connectivity index (χ0v) is 9.84. The summed E-state index contributed by atoms with van der Waals surface area (Å²) in [6.07, 6.45) is 3.45. The van der Waals surface area contributed by atoms with Crippen molar-refractivity contribution < 1.29 is 4.39 Å². The summed E-state index contributed by atoms with van der Waals surface area (Å²) in [5, 5.41) is 4.20. The van der Waals surface area contributed by atoms with Crippen LogP contribution in [0.3, 0.4) is 0 Å². The lowest BCUT2D eigenvalue weighted by Crippen LogP contribution is -2.02. The Morgan fingerprint density at radius 1 is 1.38 bits per heavy atom. The van der Waals surface area contributed by atoms with Crippen LogP contribution in [0.1, 0.15) is 11.1 Å². The normalized spacial score (nSPS) is 10.7. The molecule has 0 aliphatic heterocycles. The van der Waals surface area contributed by atoms with Crippen LogP contribution >= 0.6 is 23.2 Å². The van der Waals surface area contributed by atoms with Crippen LogP contribution in [0.25, 0.3) is 0 Å². The molecule has 5 heteroatoms. The first kappa shape index (κ1) is 11.4. The summed E-state index contributed by atoms with van der Waals surface area (Å²) < 4.78 is 15.2. The van der Waals surface area contributed by atoms with Gasteiger partial charge in [0.25, 0.3) is 0 Å². The molecule has 0 saturated carbocycles. The molecule has 1 aromatic carbocycles. The summed E-state index contributed by atoms with van der Waals surface area (Å²) in [5.74, 6) is 0.00461. The van der Waals surface area contributed by atoms with Crippen LogP contribution in [0.2, 0.25) is 5.02 Å². The lowest BCUT2D eigenvalue weighted by atomic mass is 10.2. The first-order chi connectivity index (χ1) is 7.70. The molecule has 0 aliphatic carbocycles. The zero-order valence-electron chi connectivity index (χ0n) is 8.33. The summed E-state index contributed by atoms with van der Waals surface area (Å²) >= 11 is 11.3. The number of alkyl halides is 1. The molecular weight excluding hydrogens is 250 g/mol. The molecule has 2 nitrogen and oxygen atoms in total. The number of nitrogens with zero attached hydrogens (tertiary/aromatic N) is 2. The highest BCUT2D eigenvalue weighted by molar-refractivity contribution is 6.30. The van der Waals surface area contributed by atoms with Crippen molar-refractivity contribution in [2.45, 2.75) is 12.4 Å². The van der Waals surface area contributed by atoms with E-state index in [1.807, 2.05) is 0 Å². The quantitative estimate of drug-likeness (QED) is 0.772. The van der Waals surface area contributed by atoms with Crippen LogP contribution in [-0.2, 0) is 12.4 Å². The van der Waals surface area contributed by atoms with Crippen molar-refractivity contribution in [3.05, 3.63) is 52.6 Å². The molecule has 1 aromatic heterocycles. The Hall–Kier alpha value is -1.06. The van der Waals surface area contributed by atoms with Gasteiger partial charge in [0.1, 0.15) is 5.82 Å². The summed E-state index contributed by atoms with van der Waals surface area (Å²) in [6.45, 7) is 0.350. The molecule has 16 heavy (non-hydrogen) atoms. The lowest BCUT2D eigenvalue weighted by Gasteiger charge is -2.04. The van der Waals surface area contributed by atoms with Gasteiger partial charge in [-0.05, 0) is 6.07 Å². The molecule has 2 aromatic rings. The fourth-order valence-electron chi connectivity index (χ4n) is 1.41. The molecule has 0 amide bonds. The van der Waals surface area contributed by atoms with Gasteiger partial charge in [0.2, 0.25) is 0 Å². The van der Waals surface area contributed by atoms with Gasteiger partial charge in [-0.3, -0.25) is 4.68 Å². The second-order valence-corrected chi connectivity index (χ2v) is 4.07. The Balaban J connectivity index is 2.23. The van der Waals surface area contributed by atoms with E-state index in [9.17, 15) is 4.39 Å². The van der Waals surface area contributed by atoms with Crippen molar-refractivity contribution in [3.8, 4) is 0 Å². The van der Waals surface area contributed by atoms with Gasteiger partial charge in [-0.25, -0.2) is 4.39 Å². The number of hydrogen-bond donors (Lipinski definition) is 0. The van der Waals surface area contributed by atoms with E-state index in [4.69, 9.17) is 23.2 Å². The van der Waals surface area contributed by atoms with Crippen molar-refractivity contribution >= 4 is 23.2 Å². The monoisotopic (exact) mass is 258 g/mol. The van der Waals surface area contributed by atoms with E-state index >= 15 is 0 Å². The minimum atomic E-state index is -0.396. The molecule has 84 valence electrons. The molecule has 1 heterocycles. The van der Waals surface area contributed by atoms with Gasteiger partial charge >= 0.3 is 0 Å². The van der Waals surface area contributed by atoms with Gasteiger partial charge in [0.05, 0.1) is 23.6 Å². The van der Waals surface area contributed by atoms with E-state index in [0.717, 1.165) is 5.56 Å². The molecule has 0 spiro atoms. The van der Waals surface area contributed by atoms with Crippen LogP contribution in [0.15, 0.2) is 30.6 Å². The molecular formula is C11H9Cl2FN2. The highest BCUT2D eigenvalue weighted by Gasteiger charge is 2.07. The van der Waals surface area contributed by atoms with E-state index in [0.29, 0.717) is 18.0 Å². The Labute approximate surface area is 103 Å². The first-order valence-corrected chi connectivity index (χ1v) is 5.62. The van der Waals surface area contributed by atoms with E-state index in [2.05, 4.69) is 5.10 Å². The van der Waals surface area contributed by atoms with Gasteiger partial charge < -0.3 is 0 Å². The maximum absolute atomic E-state index is 13.6. The third kappa shape index (κ3) is 2.36. The largest absolute Gasteiger partial charge is 0.268 e. The van der Waals surface area contributed by atoms with Crippen LogP contribution in [0.5, 0.6) is 0 Å². The maximum atomic E-state index is 13.6. The van der Waals surface area contributed by atoms with Crippen molar-refractivity contribution in [1.29, 1.82) is 0 Å². The fraction of sp³-hybridized carbons (Fsp3) is 0.182. The highest BCUT2D eigenvalue weighted by atomic mass is 35.5. The van der Waals surface area contributed by atoms with Crippen LogP contribution < -0.4 is 0 Å². The Kier molecular flexibility index (Phi) is 3.46. The van der Waals surface area contributed by atoms with Crippen molar-refractivity contribution in [2.75, 3.05) is 0 Å². The number of hydrogen-bond acceptors (Lipinski definition) is 1. The van der Waals surface area contributed by atoms with Gasteiger partial charge in [-0.15, -0.1) is 11.6 Å². The second kappa shape index (κ2) is 4.85. The summed E-state index contributed by atoms with van der Waals surface area (Å²) in [6, 6.07) is 4.92. The SMILES string of the molecule is Fc1c(Cl)cccc1Cn1cc(CCl)cn1. The minimum Gasteiger partial charge on any atom is -0.268 e. The van der Waals surface area contributed by atoms with E-state index < -0.39 is 5.82 Å². The third-order valence-electron chi connectivity index (χ3n) is 2.20. The zero-order chi connectivity index (χ0) is 11.5. The highest BCUT2D eigenvalue weighted by Crippen LogP contribution is 2.18. The lowest BCUT2D eigenvalue weighted by molar-refractivity contribution is 0.585. The minimum absolute atomic E-state index is 0.127. The van der Waals surface area contributed by atoms with Crippen LogP contribution in [-0.4, -0.2) is 9.78 Å². The Morgan fingerprint density at radius 2 is 2.19 bits per heavy atom. The summed E-state index contributed by atoms with van der Waals surface area (Å²) in [5.41, 5.74) is 1.42. The summed E-state index contributed by atoms with van der Waals surface area (Å²) in [4.78, 5) is 0. The predicted octanol–water partition coefficient (Wildman–Crippen LogP) is 3.46. The Morgan fingerprint density at radius 3 is 2.88 bits per heavy atom. The molecule has 0 aliphatic rings. The molecule has 2 rings (SSSR count). The standard InChI is InChI=1S/C11H9Cl2FN2/c12-4-8-5-15-16(6-8)7-9-2-1-3-10(13)11(9)14/h1-3,5-6H,4,7H2. The molecule has 0 bridgehead atoms. The average molecular weight is 259 g/mol. The molecule has 0 fully saturated rings. The van der Waals surface area contributed by atoms with E-state index in [1.54, 1.807) is 29.2 Å². The smallest absolute Gasteiger partial charge is 0.146 e.